The van der Waals surface area contributed by atoms with Crippen molar-refractivity contribution >= 4 is 40.0 Å². The predicted octanol–water partition coefficient (Wildman–Crippen LogP) is 6.70. The zero-order chi connectivity index (χ0) is 18.1. The molecule has 0 saturated carbocycles. The van der Waals surface area contributed by atoms with Crippen molar-refractivity contribution in [3.05, 3.63) is 65.7 Å². The van der Waals surface area contributed by atoms with E-state index in [-0.39, 0.29) is 0 Å². The molecule has 0 N–H and O–H groups in total. The molecule has 3 heteroatoms. The van der Waals surface area contributed by atoms with Gasteiger partial charge in [-0.3, -0.25) is 0 Å². The van der Waals surface area contributed by atoms with Crippen molar-refractivity contribution in [2.45, 2.75) is 26.7 Å². The summed E-state index contributed by atoms with van der Waals surface area (Å²) in [7, 11) is 0. The lowest BCUT2D eigenvalue weighted by atomic mass is 9.91. The molecule has 2 aromatic rings. The number of hydrogen-bond donors (Lipinski definition) is 0. The maximum atomic E-state index is 5.92. The Bertz CT molecular complexity index is 656. The third-order valence-corrected chi connectivity index (χ3v) is 4.82. The highest BCUT2D eigenvalue weighted by Crippen LogP contribution is 2.32. The lowest BCUT2D eigenvalue weighted by Crippen LogP contribution is -2.27. The molecule has 0 spiro atoms. The maximum Gasteiger partial charge on any atom is 0.0399 e. The van der Waals surface area contributed by atoms with E-state index in [1.54, 1.807) is 0 Å². The highest BCUT2D eigenvalue weighted by Gasteiger charge is 2.10. The highest BCUT2D eigenvalue weighted by atomic mass is 35.5. The number of anilines is 1. The molecule has 134 valence electrons. The Morgan fingerprint density at radius 3 is 1.64 bits per heavy atom. The number of allylic oxidation sites excluding steroid dienone is 2. The second-order valence-corrected chi connectivity index (χ2v) is 6.70. The quantitative estimate of drug-likeness (QED) is 0.348. The van der Waals surface area contributed by atoms with E-state index in [2.05, 4.69) is 73.3 Å². The molecule has 2 rings (SSSR count). The first-order valence-corrected chi connectivity index (χ1v) is 10.1. The number of benzene rings is 2. The van der Waals surface area contributed by atoms with Gasteiger partial charge < -0.3 is 4.90 Å². The fourth-order valence-corrected chi connectivity index (χ4v) is 3.68. The van der Waals surface area contributed by atoms with E-state index in [9.17, 15) is 0 Å². The summed E-state index contributed by atoms with van der Waals surface area (Å²) in [5.74, 6) is 1.21. The summed E-state index contributed by atoms with van der Waals surface area (Å²) < 4.78 is 0. The third-order valence-electron chi connectivity index (χ3n) is 4.48. The van der Waals surface area contributed by atoms with Crippen LogP contribution in [-0.2, 0) is 0 Å². The van der Waals surface area contributed by atoms with Gasteiger partial charge in [-0.25, -0.2) is 0 Å². The van der Waals surface area contributed by atoms with Gasteiger partial charge in [0.1, 0.15) is 0 Å². The molecule has 0 aromatic heterocycles. The molecule has 0 aliphatic heterocycles. The molecule has 0 unspecified atom stereocenters. The SMILES string of the molecule is CCC(=C(CC)c1ccc(N(CCCl)CCCl)cc1)c1ccccc1. The van der Waals surface area contributed by atoms with Crippen LogP contribution in [0.4, 0.5) is 5.69 Å². The van der Waals surface area contributed by atoms with E-state index in [0.29, 0.717) is 11.8 Å². The molecule has 0 heterocycles. The van der Waals surface area contributed by atoms with E-state index in [1.807, 2.05) is 0 Å². The van der Waals surface area contributed by atoms with Crippen LogP contribution in [-0.4, -0.2) is 24.8 Å². The third kappa shape index (κ3) is 5.26. The lowest BCUT2D eigenvalue weighted by Gasteiger charge is -2.23. The Labute approximate surface area is 162 Å². The molecule has 1 nitrogen and oxygen atoms in total. The minimum atomic E-state index is 0.604. The zero-order valence-corrected chi connectivity index (χ0v) is 16.7. The van der Waals surface area contributed by atoms with Gasteiger partial charge in [-0.1, -0.05) is 56.3 Å². The summed E-state index contributed by atoms with van der Waals surface area (Å²) in [5, 5.41) is 0. The van der Waals surface area contributed by atoms with Crippen molar-refractivity contribution < 1.29 is 0 Å². The average molecular weight is 376 g/mol. The van der Waals surface area contributed by atoms with E-state index in [4.69, 9.17) is 23.2 Å². The van der Waals surface area contributed by atoms with Crippen LogP contribution < -0.4 is 4.90 Å². The fourth-order valence-electron chi connectivity index (χ4n) is 3.27. The van der Waals surface area contributed by atoms with Gasteiger partial charge in [0.05, 0.1) is 0 Å². The minimum Gasteiger partial charge on any atom is -0.369 e. The molecule has 0 bridgehead atoms. The Hall–Kier alpha value is -1.44. The van der Waals surface area contributed by atoms with Gasteiger partial charge >= 0.3 is 0 Å². The normalized spacial score (nSPS) is 12.0. The van der Waals surface area contributed by atoms with Crippen LogP contribution in [0.5, 0.6) is 0 Å². The second kappa shape index (κ2) is 10.5. The van der Waals surface area contributed by atoms with Crippen molar-refractivity contribution in [1.82, 2.24) is 0 Å². The Morgan fingerprint density at radius 1 is 0.720 bits per heavy atom. The molecule has 0 aliphatic carbocycles. The number of rotatable bonds is 9. The van der Waals surface area contributed by atoms with Crippen molar-refractivity contribution in [2.75, 3.05) is 29.7 Å². The average Bonchev–Trinajstić information content (AvgIpc) is 2.67. The highest BCUT2D eigenvalue weighted by molar-refractivity contribution is 6.18. The van der Waals surface area contributed by atoms with Gasteiger partial charge in [0.15, 0.2) is 0 Å². The summed E-state index contributed by atoms with van der Waals surface area (Å²) in [5.41, 5.74) is 6.63. The van der Waals surface area contributed by atoms with Gasteiger partial charge in [-0.15, -0.1) is 23.2 Å². The molecular formula is C22H27Cl2N. The number of nitrogens with zero attached hydrogens (tertiary/aromatic N) is 1. The van der Waals surface area contributed by atoms with Gasteiger partial charge in [-0.05, 0) is 47.2 Å². The predicted molar refractivity (Wildman–Crippen MR) is 114 cm³/mol. The molecule has 0 atom stereocenters. The molecular weight excluding hydrogens is 349 g/mol. The van der Waals surface area contributed by atoms with Crippen LogP contribution in [0.3, 0.4) is 0 Å². The minimum absolute atomic E-state index is 0.604. The van der Waals surface area contributed by atoms with Gasteiger partial charge in [0, 0.05) is 30.5 Å². The number of hydrogen-bond acceptors (Lipinski definition) is 1. The van der Waals surface area contributed by atoms with Crippen molar-refractivity contribution in [2.24, 2.45) is 0 Å². The van der Waals surface area contributed by atoms with Crippen LogP contribution in [0.2, 0.25) is 0 Å². The van der Waals surface area contributed by atoms with Crippen LogP contribution in [0.25, 0.3) is 11.1 Å². The molecule has 0 amide bonds. The fraction of sp³-hybridized carbons (Fsp3) is 0.364. The summed E-state index contributed by atoms with van der Waals surface area (Å²) in [6.45, 7) is 6.09. The van der Waals surface area contributed by atoms with Crippen LogP contribution >= 0.6 is 23.2 Å². The van der Waals surface area contributed by atoms with Crippen molar-refractivity contribution in [3.8, 4) is 0 Å². The molecule has 2 aromatic carbocycles. The van der Waals surface area contributed by atoms with Crippen LogP contribution in [0, 0.1) is 0 Å². The summed E-state index contributed by atoms with van der Waals surface area (Å²) in [6, 6.07) is 19.5. The Morgan fingerprint density at radius 2 is 1.20 bits per heavy atom. The van der Waals surface area contributed by atoms with Gasteiger partial charge in [-0.2, -0.15) is 0 Å². The maximum absolute atomic E-state index is 5.92. The molecule has 25 heavy (non-hydrogen) atoms. The molecule has 0 radical (unpaired) electrons. The molecule has 0 fully saturated rings. The first kappa shape index (κ1) is 19.9. The largest absolute Gasteiger partial charge is 0.369 e. The number of halogens is 2. The van der Waals surface area contributed by atoms with Crippen LogP contribution in [0.1, 0.15) is 37.8 Å². The summed E-state index contributed by atoms with van der Waals surface area (Å²) in [4.78, 5) is 2.23. The standard InChI is InChI=1S/C22H27Cl2N/c1-3-21(18-8-6-5-7-9-18)22(4-2)19-10-12-20(13-11-19)25(16-14-23)17-15-24/h5-13H,3-4,14-17H2,1-2H3. The number of alkyl halides is 2. The van der Waals surface area contributed by atoms with E-state index in [1.165, 1.54) is 28.0 Å². The molecule has 0 aliphatic rings. The van der Waals surface area contributed by atoms with Crippen molar-refractivity contribution in [3.63, 3.8) is 0 Å². The Balaban J connectivity index is 2.36. The summed E-state index contributed by atoms with van der Waals surface area (Å²) in [6.07, 6.45) is 2.05. The second-order valence-electron chi connectivity index (χ2n) is 5.94. The van der Waals surface area contributed by atoms with E-state index >= 15 is 0 Å². The Kier molecular flexibility index (Phi) is 8.37. The van der Waals surface area contributed by atoms with E-state index in [0.717, 1.165) is 25.9 Å². The first-order chi connectivity index (χ1) is 12.2. The zero-order valence-electron chi connectivity index (χ0n) is 15.1. The van der Waals surface area contributed by atoms with Gasteiger partial charge in [0.25, 0.3) is 0 Å². The lowest BCUT2D eigenvalue weighted by molar-refractivity contribution is 0.874. The van der Waals surface area contributed by atoms with Gasteiger partial charge in [0.2, 0.25) is 0 Å². The summed E-state index contributed by atoms with van der Waals surface area (Å²) >= 11 is 11.8. The smallest absolute Gasteiger partial charge is 0.0399 e. The monoisotopic (exact) mass is 375 g/mol. The topological polar surface area (TPSA) is 3.24 Å². The first-order valence-electron chi connectivity index (χ1n) is 8.99. The molecule has 0 saturated heterocycles. The van der Waals surface area contributed by atoms with E-state index < -0.39 is 0 Å². The van der Waals surface area contributed by atoms with Crippen molar-refractivity contribution in [1.29, 1.82) is 0 Å². The van der Waals surface area contributed by atoms with Crippen LogP contribution in [0.15, 0.2) is 54.6 Å².